The maximum atomic E-state index is 11.8. The molecular formula is C13H16N2O5. The average Bonchev–Trinajstić information content (AvgIpc) is 3.22. The van der Waals surface area contributed by atoms with Crippen molar-refractivity contribution in [3.63, 3.8) is 0 Å². The number of hydrogen-bond acceptors (Lipinski definition) is 5. The van der Waals surface area contributed by atoms with Crippen LogP contribution in [-0.4, -0.2) is 30.1 Å². The number of amides is 1. The van der Waals surface area contributed by atoms with Gasteiger partial charge in [-0.1, -0.05) is 0 Å². The van der Waals surface area contributed by atoms with E-state index in [1.165, 1.54) is 19.2 Å². The van der Waals surface area contributed by atoms with E-state index in [2.05, 4.69) is 5.32 Å². The summed E-state index contributed by atoms with van der Waals surface area (Å²) in [7, 11) is 1.42. The number of nitrogens with zero attached hydrogens (tertiary/aromatic N) is 1. The van der Waals surface area contributed by atoms with Crippen LogP contribution in [0, 0.1) is 10.1 Å². The third-order valence-electron chi connectivity index (χ3n) is 2.96. The molecule has 1 amide bonds. The first-order chi connectivity index (χ1) is 9.51. The first kappa shape index (κ1) is 14.1. The first-order valence-corrected chi connectivity index (χ1v) is 6.30. The molecule has 0 heterocycles. The highest BCUT2D eigenvalue weighted by atomic mass is 16.6. The molecule has 0 spiro atoms. The molecule has 1 aliphatic rings. The van der Waals surface area contributed by atoms with E-state index in [0.29, 0.717) is 5.75 Å². The van der Waals surface area contributed by atoms with Crippen molar-refractivity contribution in [2.75, 3.05) is 7.11 Å². The van der Waals surface area contributed by atoms with Crippen LogP contribution in [0.2, 0.25) is 0 Å². The third kappa shape index (κ3) is 3.37. The fourth-order valence-electron chi connectivity index (χ4n) is 1.66. The Hall–Kier alpha value is -2.31. The molecular weight excluding hydrogens is 264 g/mol. The number of nitrogens with one attached hydrogen (secondary N) is 1. The van der Waals surface area contributed by atoms with E-state index in [-0.39, 0.29) is 23.4 Å². The van der Waals surface area contributed by atoms with E-state index >= 15 is 0 Å². The van der Waals surface area contributed by atoms with E-state index in [1.54, 1.807) is 13.0 Å². The highest BCUT2D eigenvalue weighted by Crippen LogP contribution is 2.31. The summed E-state index contributed by atoms with van der Waals surface area (Å²) in [6.45, 7) is 1.56. The predicted molar refractivity (Wildman–Crippen MR) is 70.9 cm³/mol. The zero-order valence-corrected chi connectivity index (χ0v) is 11.3. The fourth-order valence-corrected chi connectivity index (χ4v) is 1.66. The van der Waals surface area contributed by atoms with Gasteiger partial charge in [-0.15, -0.1) is 0 Å². The summed E-state index contributed by atoms with van der Waals surface area (Å²) in [6, 6.07) is 4.46. The van der Waals surface area contributed by atoms with Gasteiger partial charge in [0, 0.05) is 6.04 Å². The second-order valence-corrected chi connectivity index (χ2v) is 4.63. The molecule has 1 saturated carbocycles. The second kappa shape index (κ2) is 5.77. The number of hydrogen-bond donors (Lipinski definition) is 1. The molecule has 7 nitrogen and oxygen atoms in total. The van der Waals surface area contributed by atoms with Gasteiger partial charge in [0.15, 0.2) is 11.9 Å². The van der Waals surface area contributed by atoms with Gasteiger partial charge in [0.2, 0.25) is 0 Å². The van der Waals surface area contributed by atoms with E-state index in [9.17, 15) is 14.9 Å². The largest absolute Gasteiger partial charge is 0.496 e. The molecule has 1 aromatic rings. The number of nitro benzene ring substituents is 1. The van der Waals surface area contributed by atoms with Crippen LogP contribution >= 0.6 is 0 Å². The van der Waals surface area contributed by atoms with Crippen LogP contribution in [0.1, 0.15) is 19.8 Å². The number of nitro groups is 1. The minimum absolute atomic E-state index is 0.0502. The van der Waals surface area contributed by atoms with Gasteiger partial charge in [-0.05, 0) is 31.9 Å². The predicted octanol–water partition coefficient (Wildman–Crippen LogP) is 1.65. The Balaban J connectivity index is 2.10. The zero-order chi connectivity index (χ0) is 14.7. The van der Waals surface area contributed by atoms with Crippen LogP contribution in [0.25, 0.3) is 0 Å². The lowest BCUT2D eigenvalue weighted by Crippen LogP contribution is -2.37. The van der Waals surface area contributed by atoms with Crippen molar-refractivity contribution in [1.29, 1.82) is 0 Å². The van der Waals surface area contributed by atoms with Crippen molar-refractivity contribution < 1.29 is 19.2 Å². The summed E-state index contributed by atoms with van der Waals surface area (Å²) in [5.74, 6) is 0.144. The number of carbonyl (C=O) groups is 1. The van der Waals surface area contributed by atoms with Gasteiger partial charge in [-0.3, -0.25) is 14.9 Å². The third-order valence-corrected chi connectivity index (χ3v) is 2.96. The molecule has 1 aromatic carbocycles. The molecule has 108 valence electrons. The van der Waals surface area contributed by atoms with Gasteiger partial charge >= 0.3 is 5.69 Å². The van der Waals surface area contributed by atoms with Gasteiger partial charge in [-0.2, -0.15) is 0 Å². The average molecular weight is 280 g/mol. The van der Waals surface area contributed by atoms with E-state index < -0.39 is 11.0 Å². The molecule has 0 saturated heterocycles. The van der Waals surface area contributed by atoms with Crippen LogP contribution in [0.4, 0.5) is 5.69 Å². The monoisotopic (exact) mass is 280 g/mol. The molecule has 0 unspecified atom stereocenters. The molecule has 1 fully saturated rings. The standard InChI is InChI=1S/C13H16N2O5/c1-8(13(16)14-9-3-4-9)20-12-6-5-10(19-2)7-11(12)15(17)18/h5-9H,3-4H2,1-2H3,(H,14,16)/t8-/m1/s1. The van der Waals surface area contributed by atoms with Crippen molar-refractivity contribution in [3.05, 3.63) is 28.3 Å². The molecule has 0 bridgehead atoms. The molecule has 1 atom stereocenters. The van der Waals surface area contributed by atoms with Gasteiger partial charge < -0.3 is 14.8 Å². The quantitative estimate of drug-likeness (QED) is 0.632. The maximum absolute atomic E-state index is 11.8. The molecule has 1 aliphatic carbocycles. The number of benzene rings is 1. The lowest BCUT2D eigenvalue weighted by atomic mass is 10.2. The molecule has 20 heavy (non-hydrogen) atoms. The molecule has 7 heteroatoms. The van der Waals surface area contributed by atoms with Crippen molar-refractivity contribution >= 4 is 11.6 Å². The van der Waals surface area contributed by atoms with Crippen LogP contribution < -0.4 is 14.8 Å². The number of rotatable bonds is 6. The number of carbonyl (C=O) groups excluding carboxylic acids is 1. The van der Waals surface area contributed by atoms with Crippen LogP contribution in [0.3, 0.4) is 0 Å². The van der Waals surface area contributed by atoms with Crippen LogP contribution in [0.15, 0.2) is 18.2 Å². The van der Waals surface area contributed by atoms with Gasteiger partial charge in [0.05, 0.1) is 18.1 Å². The summed E-state index contributed by atoms with van der Waals surface area (Å²) in [5, 5.41) is 13.8. The Labute approximate surface area is 116 Å². The van der Waals surface area contributed by atoms with Crippen LogP contribution in [-0.2, 0) is 4.79 Å². The summed E-state index contributed by atoms with van der Waals surface area (Å²) in [6.07, 6.45) is 1.16. The zero-order valence-electron chi connectivity index (χ0n) is 11.3. The van der Waals surface area contributed by atoms with E-state index in [0.717, 1.165) is 12.8 Å². The second-order valence-electron chi connectivity index (χ2n) is 4.63. The Kier molecular flexibility index (Phi) is 4.07. The number of ether oxygens (including phenoxy) is 2. The van der Waals surface area contributed by atoms with Gasteiger partial charge in [-0.25, -0.2) is 0 Å². The highest BCUT2D eigenvalue weighted by molar-refractivity contribution is 5.81. The smallest absolute Gasteiger partial charge is 0.314 e. The van der Waals surface area contributed by atoms with Crippen molar-refractivity contribution in [2.24, 2.45) is 0 Å². The fraction of sp³-hybridized carbons (Fsp3) is 0.462. The van der Waals surface area contributed by atoms with Crippen molar-refractivity contribution in [1.82, 2.24) is 5.32 Å². The number of methoxy groups -OCH3 is 1. The summed E-state index contributed by atoms with van der Waals surface area (Å²) < 4.78 is 10.3. The molecule has 1 N–H and O–H groups in total. The van der Waals surface area contributed by atoms with Gasteiger partial charge in [0.25, 0.3) is 5.91 Å². The van der Waals surface area contributed by atoms with Crippen molar-refractivity contribution in [3.8, 4) is 11.5 Å². The molecule has 2 rings (SSSR count). The Bertz CT molecular complexity index is 527. The Morgan fingerprint density at radius 1 is 1.50 bits per heavy atom. The topological polar surface area (TPSA) is 90.7 Å². The SMILES string of the molecule is COc1ccc(O[C@H](C)C(=O)NC2CC2)c([N+](=O)[O-])c1. The Morgan fingerprint density at radius 2 is 2.20 bits per heavy atom. The van der Waals surface area contributed by atoms with E-state index in [1.807, 2.05) is 0 Å². The molecule has 0 aromatic heterocycles. The maximum Gasteiger partial charge on any atom is 0.314 e. The van der Waals surface area contributed by atoms with Gasteiger partial charge in [0.1, 0.15) is 5.75 Å². The van der Waals surface area contributed by atoms with E-state index in [4.69, 9.17) is 9.47 Å². The minimum atomic E-state index is -0.789. The van der Waals surface area contributed by atoms with Crippen molar-refractivity contribution in [2.45, 2.75) is 31.9 Å². The highest BCUT2D eigenvalue weighted by Gasteiger charge is 2.27. The van der Waals surface area contributed by atoms with Crippen LogP contribution in [0.5, 0.6) is 11.5 Å². The lowest BCUT2D eigenvalue weighted by molar-refractivity contribution is -0.386. The summed E-state index contributed by atoms with van der Waals surface area (Å²) in [5.41, 5.74) is -0.226. The molecule has 0 aliphatic heterocycles. The summed E-state index contributed by atoms with van der Waals surface area (Å²) >= 11 is 0. The first-order valence-electron chi connectivity index (χ1n) is 6.30. The lowest BCUT2D eigenvalue weighted by Gasteiger charge is -2.14. The Morgan fingerprint density at radius 3 is 2.75 bits per heavy atom. The normalized spacial score (nSPS) is 15.3. The summed E-state index contributed by atoms with van der Waals surface area (Å²) in [4.78, 5) is 22.2. The minimum Gasteiger partial charge on any atom is -0.496 e. The molecule has 0 radical (unpaired) electrons.